The summed E-state index contributed by atoms with van der Waals surface area (Å²) in [6, 6.07) is 8.06. The van der Waals surface area contributed by atoms with Gasteiger partial charge in [0, 0.05) is 10.4 Å². The highest BCUT2D eigenvalue weighted by atomic mass is 79.9. The Bertz CT molecular complexity index is 665. The Kier molecular flexibility index (Phi) is 6.70. The number of esters is 1. The van der Waals surface area contributed by atoms with Gasteiger partial charge in [-0.2, -0.15) is 5.21 Å². The molecule has 1 N–H and O–H groups in total. The van der Waals surface area contributed by atoms with Crippen molar-refractivity contribution in [2.75, 3.05) is 0 Å². The molecule has 136 valence electrons. The van der Waals surface area contributed by atoms with Crippen LogP contribution in [0.5, 0.6) is 0 Å². The second-order valence-electron chi connectivity index (χ2n) is 7.14. The van der Waals surface area contributed by atoms with E-state index in [4.69, 9.17) is 4.74 Å². The number of benzene rings is 1. The Morgan fingerprint density at radius 1 is 1.28 bits per heavy atom. The largest absolute Gasteiger partial charge is 0.460 e. The van der Waals surface area contributed by atoms with Crippen molar-refractivity contribution in [2.24, 2.45) is 5.92 Å². The molecule has 7 heteroatoms. The summed E-state index contributed by atoms with van der Waals surface area (Å²) < 4.78 is 6.67. The average Bonchev–Trinajstić information content (AvgIpc) is 3.05. The van der Waals surface area contributed by atoms with E-state index in [9.17, 15) is 4.79 Å². The van der Waals surface area contributed by atoms with Crippen LogP contribution in [0.1, 0.15) is 57.8 Å². The van der Waals surface area contributed by atoms with Crippen LogP contribution in [-0.4, -0.2) is 32.2 Å². The number of tetrazole rings is 1. The van der Waals surface area contributed by atoms with Gasteiger partial charge >= 0.3 is 5.97 Å². The summed E-state index contributed by atoms with van der Waals surface area (Å²) in [5, 5.41) is 14.5. The molecule has 2 rings (SSSR count). The molecule has 0 fully saturated rings. The number of hydrogen-bond donors (Lipinski definition) is 1. The molecule has 0 bridgehead atoms. The van der Waals surface area contributed by atoms with E-state index in [1.807, 2.05) is 45.0 Å². The van der Waals surface area contributed by atoms with E-state index in [-0.39, 0.29) is 17.8 Å². The smallest absolute Gasteiger partial charge is 0.310 e. The highest BCUT2D eigenvalue weighted by Crippen LogP contribution is 2.32. The van der Waals surface area contributed by atoms with Gasteiger partial charge in [0.2, 0.25) is 0 Å². The third kappa shape index (κ3) is 5.92. The van der Waals surface area contributed by atoms with Gasteiger partial charge in [-0.25, -0.2) is 0 Å². The molecular formula is C18H25BrN4O2. The van der Waals surface area contributed by atoms with Gasteiger partial charge in [0.05, 0.1) is 5.92 Å². The summed E-state index contributed by atoms with van der Waals surface area (Å²) in [6.45, 7) is 7.70. The van der Waals surface area contributed by atoms with Crippen LogP contribution in [0.15, 0.2) is 28.7 Å². The number of aromatic amines is 1. The minimum atomic E-state index is -0.525. The predicted molar refractivity (Wildman–Crippen MR) is 99.0 cm³/mol. The fourth-order valence-electron chi connectivity index (χ4n) is 2.79. The van der Waals surface area contributed by atoms with E-state index in [1.54, 1.807) is 0 Å². The van der Waals surface area contributed by atoms with Crippen LogP contribution in [0.2, 0.25) is 0 Å². The van der Waals surface area contributed by atoms with Crippen LogP contribution in [-0.2, 0) is 16.0 Å². The Balaban J connectivity index is 2.30. The maximum absolute atomic E-state index is 12.8. The first-order chi connectivity index (χ1) is 11.8. The third-order valence-corrected chi connectivity index (χ3v) is 4.39. The molecule has 0 spiro atoms. The number of ether oxygens (including phenoxy) is 1. The minimum Gasteiger partial charge on any atom is -0.460 e. The summed E-state index contributed by atoms with van der Waals surface area (Å²) in [5.41, 5.74) is 0.588. The summed E-state index contributed by atoms with van der Waals surface area (Å²) in [7, 11) is 0. The number of nitrogens with one attached hydrogen (secondary N) is 1. The number of rotatable bonds is 7. The van der Waals surface area contributed by atoms with Gasteiger partial charge < -0.3 is 4.74 Å². The zero-order chi connectivity index (χ0) is 18.4. The van der Waals surface area contributed by atoms with Crippen LogP contribution < -0.4 is 0 Å². The lowest BCUT2D eigenvalue weighted by Gasteiger charge is -2.27. The highest BCUT2D eigenvalue weighted by molar-refractivity contribution is 9.10. The van der Waals surface area contributed by atoms with Crippen LogP contribution >= 0.6 is 15.9 Å². The van der Waals surface area contributed by atoms with E-state index in [0.29, 0.717) is 18.7 Å². The van der Waals surface area contributed by atoms with Crippen molar-refractivity contribution in [3.05, 3.63) is 40.1 Å². The summed E-state index contributed by atoms with van der Waals surface area (Å²) >= 11 is 3.45. The van der Waals surface area contributed by atoms with E-state index >= 15 is 0 Å². The van der Waals surface area contributed by atoms with E-state index in [2.05, 4.69) is 43.5 Å². The number of nitrogens with zero attached hydrogens (tertiary/aromatic N) is 3. The maximum Gasteiger partial charge on any atom is 0.310 e. The fraction of sp³-hybridized carbons (Fsp3) is 0.556. The predicted octanol–water partition coefficient (Wildman–Crippen LogP) is 4.05. The van der Waals surface area contributed by atoms with Gasteiger partial charge in [0.1, 0.15) is 5.60 Å². The van der Waals surface area contributed by atoms with Crippen LogP contribution in [0, 0.1) is 5.92 Å². The monoisotopic (exact) mass is 408 g/mol. The molecule has 1 aromatic heterocycles. The molecule has 25 heavy (non-hydrogen) atoms. The van der Waals surface area contributed by atoms with Crippen molar-refractivity contribution < 1.29 is 9.53 Å². The second kappa shape index (κ2) is 8.56. The molecule has 0 saturated carbocycles. The minimum absolute atomic E-state index is 0.185. The lowest BCUT2D eigenvalue weighted by Crippen LogP contribution is -2.33. The lowest BCUT2D eigenvalue weighted by atomic mass is 9.83. The SMILES string of the molecule is CCC[C@@H](C(=O)OC(C)(C)C)[C@@H](Cc1ccc(Br)cc1)c1nn[nH]n1. The third-order valence-electron chi connectivity index (χ3n) is 3.86. The summed E-state index contributed by atoms with van der Waals surface area (Å²) in [6.07, 6.45) is 2.24. The van der Waals surface area contributed by atoms with E-state index < -0.39 is 5.60 Å². The Hall–Kier alpha value is -1.76. The number of carbonyl (C=O) groups excluding carboxylic acids is 1. The highest BCUT2D eigenvalue weighted by Gasteiger charge is 2.35. The molecule has 6 nitrogen and oxygen atoms in total. The number of carbonyl (C=O) groups is 1. The van der Waals surface area contributed by atoms with Crippen LogP contribution in [0.3, 0.4) is 0 Å². The molecule has 0 aliphatic rings. The average molecular weight is 409 g/mol. The number of H-pyrrole nitrogens is 1. The molecule has 0 saturated heterocycles. The molecule has 2 atom stereocenters. The molecular weight excluding hydrogens is 384 g/mol. The standard InChI is InChI=1S/C18H25BrN4O2/c1-5-6-14(17(24)25-18(2,3)4)15(16-20-22-23-21-16)11-12-7-9-13(19)10-8-12/h7-10,14-15H,5-6,11H2,1-4H3,(H,20,21,22,23)/t14-,15-/m1/s1. The van der Waals surface area contributed by atoms with E-state index in [1.165, 1.54) is 0 Å². The first-order valence-corrected chi connectivity index (χ1v) is 9.30. The van der Waals surface area contributed by atoms with Gasteiger partial charge in [-0.05, 0) is 51.3 Å². The number of aromatic nitrogens is 4. The zero-order valence-corrected chi connectivity index (χ0v) is 16.7. The first kappa shape index (κ1) is 19.6. The van der Waals surface area contributed by atoms with Gasteiger partial charge in [0.25, 0.3) is 0 Å². The van der Waals surface area contributed by atoms with Crippen molar-refractivity contribution in [3.8, 4) is 0 Å². The molecule has 1 aromatic carbocycles. The molecule has 0 unspecified atom stereocenters. The topological polar surface area (TPSA) is 80.8 Å². The lowest BCUT2D eigenvalue weighted by molar-refractivity contribution is -0.161. The molecule has 0 radical (unpaired) electrons. The van der Waals surface area contributed by atoms with Crippen LogP contribution in [0.25, 0.3) is 0 Å². The van der Waals surface area contributed by atoms with Gasteiger partial charge in [-0.1, -0.05) is 46.6 Å². The summed E-state index contributed by atoms with van der Waals surface area (Å²) in [4.78, 5) is 12.8. The van der Waals surface area contributed by atoms with Crippen molar-refractivity contribution in [2.45, 2.75) is 58.5 Å². The van der Waals surface area contributed by atoms with Crippen LogP contribution in [0.4, 0.5) is 0 Å². The van der Waals surface area contributed by atoms with E-state index in [0.717, 1.165) is 16.5 Å². The molecule has 0 aliphatic carbocycles. The van der Waals surface area contributed by atoms with Crippen molar-refractivity contribution in [3.63, 3.8) is 0 Å². The quantitative estimate of drug-likeness (QED) is 0.698. The Morgan fingerprint density at radius 2 is 1.96 bits per heavy atom. The van der Waals surface area contributed by atoms with Crippen molar-refractivity contribution >= 4 is 21.9 Å². The second-order valence-corrected chi connectivity index (χ2v) is 8.05. The number of halogens is 1. The Labute approximate surface area is 156 Å². The normalized spacial score (nSPS) is 14.1. The van der Waals surface area contributed by atoms with Crippen molar-refractivity contribution in [1.29, 1.82) is 0 Å². The zero-order valence-electron chi connectivity index (χ0n) is 15.1. The van der Waals surface area contributed by atoms with Gasteiger partial charge in [-0.15, -0.1) is 10.2 Å². The summed E-state index contributed by atoms with van der Waals surface area (Å²) in [5.74, 6) is -0.159. The molecule has 1 heterocycles. The number of hydrogen-bond acceptors (Lipinski definition) is 5. The fourth-order valence-corrected chi connectivity index (χ4v) is 3.05. The first-order valence-electron chi connectivity index (χ1n) is 8.50. The van der Waals surface area contributed by atoms with Gasteiger partial charge in [-0.3, -0.25) is 4.79 Å². The van der Waals surface area contributed by atoms with Crippen molar-refractivity contribution in [1.82, 2.24) is 20.6 Å². The molecule has 0 amide bonds. The molecule has 2 aromatic rings. The molecule has 0 aliphatic heterocycles. The van der Waals surface area contributed by atoms with Gasteiger partial charge in [0.15, 0.2) is 5.82 Å². The maximum atomic E-state index is 12.8. The Morgan fingerprint density at radius 3 is 2.48 bits per heavy atom.